The van der Waals surface area contributed by atoms with Gasteiger partial charge in [0.1, 0.15) is 6.04 Å². The molecule has 2 aromatic carbocycles. The van der Waals surface area contributed by atoms with Crippen molar-refractivity contribution in [1.82, 2.24) is 14.5 Å². The van der Waals surface area contributed by atoms with E-state index in [9.17, 15) is 9.59 Å². The minimum atomic E-state index is -0.712. The van der Waals surface area contributed by atoms with E-state index >= 15 is 0 Å². The van der Waals surface area contributed by atoms with Crippen LogP contribution in [0.2, 0.25) is 0 Å². The third-order valence-electron chi connectivity index (χ3n) is 4.79. The van der Waals surface area contributed by atoms with Gasteiger partial charge < -0.3 is 9.64 Å². The first kappa shape index (κ1) is 16.5. The van der Waals surface area contributed by atoms with Crippen molar-refractivity contribution in [2.24, 2.45) is 0 Å². The number of hydrogen-bond acceptors (Lipinski definition) is 4. The number of rotatable bonds is 3. The molecule has 0 N–H and O–H groups in total. The number of benzene rings is 2. The van der Waals surface area contributed by atoms with Gasteiger partial charge in [-0.3, -0.25) is 14.2 Å². The number of nitrogens with zero attached hydrogens (tertiary/aromatic N) is 3. The van der Waals surface area contributed by atoms with Crippen molar-refractivity contribution in [3.8, 4) is 0 Å². The summed E-state index contributed by atoms with van der Waals surface area (Å²) in [5, 5.41) is 0.502. The zero-order valence-corrected chi connectivity index (χ0v) is 14.6. The summed E-state index contributed by atoms with van der Waals surface area (Å²) in [6.07, 6.45) is -0.712. The van der Waals surface area contributed by atoms with Crippen molar-refractivity contribution < 1.29 is 9.53 Å². The highest BCUT2D eigenvalue weighted by molar-refractivity contribution is 5.83. The normalized spacial score (nSPS) is 19.6. The predicted octanol–water partition coefficient (Wildman–Crippen LogP) is 2.64. The third kappa shape index (κ3) is 2.50. The Morgan fingerprint density at radius 2 is 1.73 bits per heavy atom. The van der Waals surface area contributed by atoms with Gasteiger partial charge in [0.25, 0.3) is 5.56 Å². The van der Waals surface area contributed by atoms with E-state index in [0.29, 0.717) is 23.3 Å². The van der Waals surface area contributed by atoms with Crippen LogP contribution in [0.3, 0.4) is 0 Å². The Kier molecular flexibility index (Phi) is 4.05. The van der Waals surface area contributed by atoms with Crippen molar-refractivity contribution in [3.63, 3.8) is 0 Å². The van der Waals surface area contributed by atoms with Crippen LogP contribution in [0.1, 0.15) is 30.6 Å². The first-order chi connectivity index (χ1) is 12.6. The second-order valence-electron chi connectivity index (χ2n) is 6.38. The summed E-state index contributed by atoms with van der Waals surface area (Å²) in [5.41, 5.74) is 1.38. The molecule has 2 atom stereocenters. The van der Waals surface area contributed by atoms with Crippen LogP contribution < -0.4 is 5.56 Å². The average molecular weight is 349 g/mol. The first-order valence-electron chi connectivity index (χ1n) is 8.50. The summed E-state index contributed by atoms with van der Waals surface area (Å²) in [4.78, 5) is 32.2. The molecule has 2 heterocycles. The molecule has 26 heavy (non-hydrogen) atoms. The van der Waals surface area contributed by atoms with Crippen molar-refractivity contribution in [2.45, 2.75) is 25.7 Å². The Balaban J connectivity index is 1.88. The number of ether oxygens (including phenoxy) is 1. The van der Waals surface area contributed by atoms with Crippen molar-refractivity contribution >= 4 is 16.8 Å². The highest BCUT2D eigenvalue weighted by Crippen LogP contribution is 2.31. The number of fused-ring (bicyclic) bond motifs is 2. The maximum Gasteiger partial charge on any atom is 0.262 e. The Bertz CT molecular complexity index is 1030. The largest absolute Gasteiger partial charge is 0.354 e. The molecule has 0 aliphatic carbocycles. The highest BCUT2D eigenvalue weighted by atomic mass is 16.5. The standard InChI is InChI=1S/C20H19N3O3/c1-13-18(24)22(12-14-8-4-3-5-9-14)20(26-2)17-21-16-11-7-6-10-15(16)19(25)23(13)17/h3-11,13,20H,12H2,1-2H3/t13-,20-/m0/s1. The van der Waals surface area contributed by atoms with Gasteiger partial charge in [-0.25, -0.2) is 4.98 Å². The lowest BCUT2D eigenvalue weighted by molar-refractivity contribution is -0.155. The van der Waals surface area contributed by atoms with Gasteiger partial charge in [0.15, 0.2) is 12.1 Å². The van der Waals surface area contributed by atoms with Gasteiger partial charge in [-0.15, -0.1) is 0 Å². The monoisotopic (exact) mass is 349 g/mol. The molecule has 1 aromatic heterocycles. The maximum atomic E-state index is 13.0. The lowest BCUT2D eigenvalue weighted by atomic mass is 10.1. The number of methoxy groups -OCH3 is 1. The molecule has 6 heteroatoms. The molecule has 0 spiro atoms. The van der Waals surface area contributed by atoms with Crippen LogP contribution >= 0.6 is 0 Å². The van der Waals surface area contributed by atoms with Crippen LogP contribution in [-0.4, -0.2) is 27.5 Å². The minimum Gasteiger partial charge on any atom is -0.354 e. The molecular formula is C20H19N3O3. The average Bonchev–Trinajstić information content (AvgIpc) is 2.67. The fraction of sp³-hybridized carbons (Fsp3) is 0.250. The van der Waals surface area contributed by atoms with Gasteiger partial charge >= 0.3 is 0 Å². The zero-order chi connectivity index (χ0) is 18.3. The summed E-state index contributed by atoms with van der Waals surface area (Å²) in [6.45, 7) is 2.12. The van der Waals surface area contributed by atoms with E-state index in [1.54, 1.807) is 30.0 Å². The summed E-state index contributed by atoms with van der Waals surface area (Å²) in [6, 6.07) is 16.2. The molecule has 0 unspecified atom stereocenters. The van der Waals surface area contributed by atoms with Gasteiger partial charge in [0, 0.05) is 13.7 Å². The molecule has 0 saturated heterocycles. The van der Waals surface area contributed by atoms with Crippen molar-refractivity contribution in [2.75, 3.05) is 7.11 Å². The van der Waals surface area contributed by atoms with Crippen molar-refractivity contribution in [3.05, 3.63) is 76.3 Å². The number of carbonyl (C=O) groups excluding carboxylic acids is 1. The number of amides is 1. The maximum absolute atomic E-state index is 13.0. The number of carbonyl (C=O) groups is 1. The van der Waals surface area contributed by atoms with E-state index in [0.717, 1.165) is 5.56 Å². The number of para-hydroxylation sites is 1. The summed E-state index contributed by atoms with van der Waals surface area (Å²) >= 11 is 0. The van der Waals surface area contributed by atoms with Crippen LogP contribution in [0.4, 0.5) is 0 Å². The van der Waals surface area contributed by atoms with E-state index in [1.807, 2.05) is 36.4 Å². The lowest BCUT2D eigenvalue weighted by Crippen LogP contribution is -2.49. The van der Waals surface area contributed by atoms with Gasteiger partial charge in [-0.2, -0.15) is 0 Å². The van der Waals surface area contributed by atoms with Gasteiger partial charge in [0.05, 0.1) is 10.9 Å². The summed E-state index contributed by atoms with van der Waals surface area (Å²) < 4.78 is 7.07. The molecule has 0 radical (unpaired) electrons. The SMILES string of the molecule is CO[C@H]1c2nc3ccccc3c(=O)n2[C@@H](C)C(=O)N1Cc1ccccc1. The molecule has 0 fully saturated rings. The van der Waals surface area contributed by atoms with Gasteiger partial charge in [-0.05, 0) is 24.6 Å². The smallest absolute Gasteiger partial charge is 0.262 e. The zero-order valence-electron chi connectivity index (χ0n) is 14.6. The first-order valence-corrected chi connectivity index (χ1v) is 8.50. The quantitative estimate of drug-likeness (QED) is 0.729. The Labute approximate surface area is 150 Å². The molecule has 3 aromatic rings. The van der Waals surface area contributed by atoms with Crippen LogP contribution in [-0.2, 0) is 16.1 Å². The fourth-order valence-corrected chi connectivity index (χ4v) is 3.49. The Hall–Kier alpha value is -2.99. The Morgan fingerprint density at radius 3 is 2.46 bits per heavy atom. The van der Waals surface area contributed by atoms with E-state index in [2.05, 4.69) is 4.98 Å². The molecule has 1 aliphatic heterocycles. The van der Waals surface area contributed by atoms with E-state index in [-0.39, 0.29) is 11.5 Å². The second-order valence-corrected chi connectivity index (χ2v) is 6.38. The number of aromatic nitrogens is 2. The van der Waals surface area contributed by atoms with E-state index in [4.69, 9.17) is 4.74 Å². The molecule has 132 valence electrons. The molecule has 4 rings (SSSR count). The number of hydrogen-bond donors (Lipinski definition) is 0. The van der Waals surface area contributed by atoms with E-state index in [1.165, 1.54) is 11.7 Å². The molecule has 0 bridgehead atoms. The third-order valence-corrected chi connectivity index (χ3v) is 4.79. The fourth-order valence-electron chi connectivity index (χ4n) is 3.49. The topological polar surface area (TPSA) is 64.4 Å². The van der Waals surface area contributed by atoms with Crippen LogP contribution in [0.15, 0.2) is 59.4 Å². The summed E-state index contributed by atoms with van der Waals surface area (Å²) in [5.74, 6) is 0.298. The predicted molar refractivity (Wildman–Crippen MR) is 97.5 cm³/mol. The Morgan fingerprint density at radius 1 is 1.04 bits per heavy atom. The lowest BCUT2D eigenvalue weighted by Gasteiger charge is -2.38. The van der Waals surface area contributed by atoms with E-state index < -0.39 is 12.3 Å². The molecule has 6 nitrogen and oxygen atoms in total. The van der Waals surface area contributed by atoms with Crippen LogP contribution in [0.5, 0.6) is 0 Å². The second kappa shape index (κ2) is 6.38. The van der Waals surface area contributed by atoms with Gasteiger partial charge in [0.2, 0.25) is 5.91 Å². The van der Waals surface area contributed by atoms with Crippen LogP contribution in [0.25, 0.3) is 10.9 Å². The molecule has 1 amide bonds. The highest BCUT2D eigenvalue weighted by Gasteiger charge is 2.39. The summed E-state index contributed by atoms with van der Waals surface area (Å²) in [7, 11) is 1.53. The molecule has 0 saturated carbocycles. The van der Waals surface area contributed by atoms with Crippen molar-refractivity contribution in [1.29, 1.82) is 0 Å². The molecular weight excluding hydrogens is 330 g/mol. The van der Waals surface area contributed by atoms with Crippen LogP contribution in [0, 0.1) is 0 Å². The molecule has 1 aliphatic rings. The minimum absolute atomic E-state index is 0.160. The van der Waals surface area contributed by atoms with Gasteiger partial charge in [-0.1, -0.05) is 42.5 Å².